The molecule has 0 aliphatic heterocycles. The van der Waals surface area contributed by atoms with Crippen LogP contribution in [-0.2, 0) is 11.2 Å². The molecule has 0 bridgehead atoms. The Morgan fingerprint density at radius 2 is 1.88 bits per heavy atom. The Morgan fingerprint density at radius 3 is 2.58 bits per heavy atom. The van der Waals surface area contributed by atoms with Gasteiger partial charge in [0.25, 0.3) is 0 Å². The number of carbonyl (C=O) groups excluding carboxylic acids is 1. The van der Waals surface area contributed by atoms with Gasteiger partial charge in [0.15, 0.2) is 0 Å². The summed E-state index contributed by atoms with van der Waals surface area (Å²) in [6.45, 7) is 0. The van der Waals surface area contributed by atoms with Crippen molar-refractivity contribution < 1.29 is 9.32 Å². The van der Waals surface area contributed by atoms with Gasteiger partial charge < -0.3 is 14.7 Å². The van der Waals surface area contributed by atoms with Crippen LogP contribution >= 0.6 is 11.6 Å². The molecule has 0 atom stereocenters. The summed E-state index contributed by atoms with van der Waals surface area (Å²) < 4.78 is 5.21. The number of nitrogens with zero attached hydrogens (tertiary/aromatic N) is 3. The average Bonchev–Trinajstić information content (AvgIpc) is 3.09. The van der Waals surface area contributed by atoms with Gasteiger partial charge in [0.2, 0.25) is 17.6 Å². The molecule has 0 aliphatic rings. The van der Waals surface area contributed by atoms with Crippen LogP contribution in [0.15, 0.2) is 53.1 Å². The number of hydrogen-bond donors (Lipinski definition) is 1. The number of amides is 1. The van der Waals surface area contributed by atoms with E-state index in [0.717, 1.165) is 11.4 Å². The van der Waals surface area contributed by atoms with Crippen LogP contribution in [0.1, 0.15) is 12.3 Å². The maximum atomic E-state index is 12.1. The first-order chi connectivity index (χ1) is 12.5. The van der Waals surface area contributed by atoms with E-state index in [9.17, 15) is 4.79 Å². The highest BCUT2D eigenvalue weighted by atomic mass is 35.5. The maximum Gasteiger partial charge on any atom is 0.227 e. The molecule has 7 heteroatoms. The van der Waals surface area contributed by atoms with Crippen molar-refractivity contribution in [2.24, 2.45) is 0 Å². The highest BCUT2D eigenvalue weighted by Gasteiger charge is 2.13. The Balaban J connectivity index is 1.56. The quantitative estimate of drug-likeness (QED) is 0.709. The number of halogens is 1. The summed E-state index contributed by atoms with van der Waals surface area (Å²) in [6, 6.07) is 14.9. The van der Waals surface area contributed by atoms with Crippen LogP contribution in [0.25, 0.3) is 11.4 Å². The number of anilines is 2. The minimum atomic E-state index is -0.111. The van der Waals surface area contributed by atoms with Crippen LogP contribution in [0.3, 0.4) is 0 Å². The molecule has 1 heterocycles. The van der Waals surface area contributed by atoms with Crippen molar-refractivity contribution in [1.82, 2.24) is 10.1 Å². The molecule has 1 aromatic heterocycles. The van der Waals surface area contributed by atoms with Crippen LogP contribution in [0.4, 0.5) is 11.4 Å². The Kier molecular flexibility index (Phi) is 5.53. The third-order valence-electron chi connectivity index (χ3n) is 3.82. The van der Waals surface area contributed by atoms with Crippen molar-refractivity contribution in [3.8, 4) is 11.4 Å². The van der Waals surface area contributed by atoms with E-state index in [-0.39, 0.29) is 12.3 Å². The molecule has 1 amide bonds. The van der Waals surface area contributed by atoms with E-state index in [0.29, 0.717) is 28.7 Å². The third kappa shape index (κ3) is 4.40. The number of aryl methyl sites for hydroxylation is 1. The number of nitrogens with one attached hydrogen (secondary N) is 1. The van der Waals surface area contributed by atoms with E-state index in [1.807, 2.05) is 61.5 Å². The second-order valence-corrected chi connectivity index (χ2v) is 6.39. The first-order valence-corrected chi connectivity index (χ1v) is 8.55. The summed E-state index contributed by atoms with van der Waals surface area (Å²) in [7, 11) is 3.93. The summed E-state index contributed by atoms with van der Waals surface area (Å²) in [5.41, 5.74) is 2.53. The summed E-state index contributed by atoms with van der Waals surface area (Å²) in [5, 5.41) is 7.34. The van der Waals surface area contributed by atoms with E-state index in [1.54, 1.807) is 6.07 Å². The van der Waals surface area contributed by atoms with Gasteiger partial charge in [-0.3, -0.25) is 4.79 Å². The average molecular weight is 371 g/mol. The first kappa shape index (κ1) is 17.9. The fourth-order valence-corrected chi connectivity index (χ4v) is 2.62. The SMILES string of the molecule is CN(C)c1ccc(NC(=O)CCc2nc(-c3ccccc3Cl)no2)cc1. The van der Waals surface area contributed by atoms with Crippen molar-refractivity contribution in [2.75, 3.05) is 24.3 Å². The van der Waals surface area contributed by atoms with Crippen molar-refractivity contribution in [2.45, 2.75) is 12.8 Å². The Morgan fingerprint density at radius 1 is 1.15 bits per heavy atom. The molecular weight excluding hydrogens is 352 g/mol. The normalized spacial score (nSPS) is 10.6. The highest BCUT2D eigenvalue weighted by molar-refractivity contribution is 6.33. The maximum absolute atomic E-state index is 12.1. The molecule has 134 valence electrons. The van der Waals surface area contributed by atoms with Crippen LogP contribution in [0.5, 0.6) is 0 Å². The first-order valence-electron chi connectivity index (χ1n) is 8.17. The van der Waals surface area contributed by atoms with Crippen molar-refractivity contribution in [1.29, 1.82) is 0 Å². The summed E-state index contributed by atoms with van der Waals surface area (Å²) in [4.78, 5) is 18.4. The molecule has 2 aromatic carbocycles. The van der Waals surface area contributed by atoms with Crippen molar-refractivity contribution in [3.05, 3.63) is 59.4 Å². The zero-order chi connectivity index (χ0) is 18.5. The van der Waals surface area contributed by atoms with Crippen molar-refractivity contribution in [3.63, 3.8) is 0 Å². The highest BCUT2D eigenvalue weighted by Crippen LogP contribution is 2.25. The molecule has 6 nitrogen and oxygen atoms in total. The van der Waals surface area contributed by atoms with Crippen LogP contribution in [-0.4, -0.2) is 30.1 Å². The molecule has 3 aromatic rings. The van der Waals surface area contributed by atoms with E-state index in [1.165, 1.54) is 0 Å². The molecule has 26 heavy (non-hydrogen) atoms. The van der Waals surface area contributed by atoms with Gasteiger partial charge >= 0.3 is 0 Å². The van der Waals surface area contributed by atoms with Crippen LogP contribution in [0, 0.1) is 0 Å². The Hall–Kier alpha value is -2.86. The lowest BCUT2D eigenvalue weighted by Crippen LogP contribution is -2.13. The third-order valence-corrected chi connectivity index (χ3v) is 4.15. The Labute approximate surface area is 156 Å². The fourth-order valence-electron chi connectivity index (χ4n) is 2.40. The van der Waals surface area contributed by atoms with E-state index in [2.05, 4.69) is 15.5 Å². The number of carbonyl (C=O) groups is 1. The largest absolute Gasteiger partial charge is 0.378 e. The monoisotopic (exact) mass is 370 g/mol. The zero-order valence-corrected chi connectivity index (χ0v) is 15.3. The van der Waals surface area contributed by atoms with Gasteiger partial charge in [-0.1, -0.05) is 28.9 Å². The van der Waals surface area contributed by atoms with Gasteiger partial charge in [-0.25, -0.2) is 0 Å². The van der Waals surface area contributed by atoms with Gasteiger partial charge in [0.1, 0.15) is 0 Å². The minimum Gasteiger partial charge on any atom is -0.378 e. The number of rotatable bonds is 6. The molecule has 0 radical (unpaired) electrons. The number of aromatic nitrogens is 2. The lowest BCUT2D eigenvalue weighted by atomic mass is 10.2. The molecule has 0 fully saturated rings. The number of benzene rings is 2. The Bertz CT molecular complexity index is 891. The zero-order valence-electron chi connectivity index (χ0n) is 14.6. The topological polar surface area (TPSA) is 71.3 Å². The lowest BCUT2D eigenvalue weighted by Gasteiger charge is -2.12. The predicted molar refractivity (Wildman–Crippen MR) is 102 cm³/mol. The van der Waals surface area contributed by atoms with Crippen LogP contribution in [0.2, 0.25) is 5.02 Å². The molecule has 1 N–H and O–H groups in total. The summed E-state index contributed by atoms with van der Waals surface area (Å²) in [6.07, 6.45) is 0.610. The van der Waals surface area contributed by atoms with E-state index in [4.69, 9.17) is 16.1 Å². The molecule has 0 unspecified atom stereocenters. The van der Waals surface area contributed by atoms with E-state index >= 15 is 0 Å². The molecule has 3 rings (SSSR count). The fraction of sp³-hybridized carbons (Fsp3) is 0.211. The van der Waals surface area contributed by atoms with Gasteiger partial charge in [-0.15, -0.1) is 0 Å². The second-order valence-electron chi connectivity index (χ2n) is 5.98. The van der Waals surface area contributed by atoms with Gasteiger partial charge in [-0.05, 0) is 36.4 Å². The van der Waals surface area contributed by atoms with Gasteiger partial charge in [0, 0.05) is 43.9 Å². The molecule has 0 saturated carbocycles. The van der Waals surface area contributed by atoms with Gasteiger partial charge in [0.05, 0.1) is 5.02 Å². The van der Waals surface area contributed by atoms with Crippen LogP contribution < -0.4 is 10.2 Å². The summed E-state index contributed by atoms with van der Waals surface area (Å²) in [5.74, 6) is 0.711. The molecule has 0 aliphatic carbocycles. The molecule has 0 saturated heterocycles. The number of hydrogen-bond acceptors (Lipinski definition) is 5. The summed E-state index contributed by atoms with van der Waals surface area (Å²) >= 11 is 6.13. The molecular formula is C19H19ClN4O2. The second kappa shape index (κ2) is 8.01. The lowest BCUT2D eigenvalue weighted by molar-refractivity contribution is -0.116. The smallest absolute Gasteiger partial charge is 0.227 e. The minimum absolute atomic E-state index is 0.111. The standard InChI is InChI=1S/C19H19ClN4O2/c1-24(2)14-9-7-13(8-10-14)21-17(25)11-12-18-22-19(23-26-18)15-5-3-4-6-16(15)20/h3-10H,11-12H2,1-2H3,(H,21,25). The predicted octanol–water partition coefficient (Wildman–Crippen LogP) is 4.03. The van der Waals surface area contributed by atoms with Crippen molar-refractivity contribution >= 4 is 28.9 Å². The molecule has 0 spiro atoms. The van der Waals surface area contributed by atoms with Gasteiger partial charge in [-0.2, -0.15) is 4.98 Å². The van der Waals surface area contributed by atoms with E-state index < -0.39 is 0 Å².